The fourth-order valence-electron chi connectivity index (χ4n) is 1.85. The Balaban J connectivity index is 2.60. The molecule has 0 N–H and O–H groups in total. The first-order chi connectivity index (χ1) is 9.59. The third-order valence-corrected chi connectivity index (χ3v) is 2.81. The highest BCUT2D eigenvalue weighted by molar-refractivity contribution is 5.65. The Bertz CT molecular complexity index is 636. The summed E-state index contributed by atoms with van der Waals surface area (Å²) in [5.41, 5.74) is -3.40. The summed E-state index contributed by atoms with van der Waals surface area (Å²) in [7, 11) is 0. The molecule has 0 amide bonds. The Labute approximate surface area is 114 Å². The molecule has 0 fully saturated rings. The molecule has 0 heterocycles. The van der Waals surface area contributed by atoms with Gasteiger partial charge in [-0.1, -0.05) is 18.2 Å². The van der Waals surface area contributed by atoms with Crippen LogP contribution in [-0.4, -0.2) is 0 Å². The topological polar surface area (TPSA) is 0 Å². The fraction of sp³-hybridized carbons (Fsp3) is 0.143. The summed E-state index contributed by atoms with van der Waals surface area (Å²) < 4.78 is 88.9. The minimum atomic E-state index is -5.14. The maximum absolute atomic E-state index is 12.8. The Morgan fingerprint density at radius 2 is 1.05 bits per heavy atom. The number of hydrogen-bond acceptors (Lipinski definition) is 0. The molecule has 0 saturated carbocycles. The molecule has 0 aliphatic heterocycles. The van der Waals surface area contributed by atoms with Crippen LogP contribution in [0.3, 0.4) is 0 Å². The lowest BCUT2D eigenvalue weighted by atomic mass is 9.98. The van der Waals surface area contributed by atoms with Crippen molar-refractivity contribution < 1.29 is 30.7 Å². The molecule has 0 saturated heterocycles. The van der Waals surface area contributed by atoms with E-state index in [1.807, 2.05) is 0 Å². The van der Waals surface area contributed by atoms with Crippen LogP contribution in [0.15, 0.2) is 42.5 Å². The van der Waals surface area contributed by atoms with Crippen LogP contribution in [0.5, 0.6) is 0 Å². The Hall–Kier alpha value is -2.05. The lowest BCUT2D eigenvalue weighted by Gasteiger charge is -2.16. The van der Waals surface area contributed by atoms with E-state index in [1.165, 1.54) is 12.1 Å². The quantitative estimate of drug-likeness (QED) is 0.608. The largest absolute Gasteiger partial charge is 0.417 e. The van der Waals surface area contributed by atoms with Crippen LogP contribution < -0.4 is 0 Å². The lowest BCUT2D eigenvalue weighted by Crippen LogP contribution is -2.16. The standard InChI is InChI=1S/C14H7F7/c15-10-4-1-8(2-5-10)9-3-6-11(13(16,17)18)12(7-9)14(19,20)21/h1-7H. The minimum Gasteiger partial charge on any atom is -0.207 e. The molecule has 0 atom stereocenters. The summed E-state index contributed by atoms with van der Waals surface area (Å²) in [5.74, 6) is -0.596. The maximum atomic E-state index is 12.8. The monoisotopic (exact) mass is 308 g/mol. The van der Waals surface area contributed by atoms with E-state index in [1.54, 1.807) is 0 Å². The molecule has 0 bridgehead atoms. The molecule has 2 aromatic carbocycles. The van der Waals surface area contributed by atoms with E-state index in [2.05, 4.69) is 0 Å². The molecule has 2 rings (SSSR count). The molecule has 0 aromatic heterocycles. The Morgan fingerprint density at radius 1 is 0.571 bits per heavy atom. The second-order valence-corrected chi connectivity index (χ2v) is 4.26. The van der Waals surface area contributed by atoms with Crippen LogP contribution in [0.4, 0.5) is 30.7 Å². The number of rotatable bonds is 1. The first-order valence-corrected chi connectivity index (χ1v) is 5.63. The predicted molar refractivity (Wildman–Crippen MR) is 61.8 cm³/mol. The summed E-state index contributed by atoms with van der Waals surface area (Å²) in [4.78, 5) is 0. The first kappa shape index (κ1) is 15.3. The van der Waals surface area contributed by atoms with Gasteiger partial charge in [-0.3, -0.25) is 0 Å². The van der Waals surface area contributed by atoms with Crippen LogP contribution in [0, 0.1) is 5.82 Å². The van der Waals surface area contributed by atoms with E-state index in [0.717, 1.165) is 18.2 Å². The van der Waals surface area contributed by atoms with E-state index in [-0.39, 0.29) is 11.1 Å². The van der Waals surface area contributed by atoms with Crippen molar-refractivity contribution in [1.29, 1.82) is 0 Å². The summed E-state index contributed by atoms with van der Waals surface area (Å²) in [5, 5.41) is 0. The normalized spacial score (nSPS) is 12.5. The smallest absolute Gasteiger partial charge is 0.207 e. The van der Waals surface area contributed by atoms with E-state index < -0.39 is 29.3 Å². The van der Waals surface area contributed by atoms with Crippen LogP contribution in [-0.2, 0) is 12.4 Å². The molecule has 0 radical (unpaired) electrons. The lowest BCUT2D eigenvalue weighted by molar-refractivity contribution is -0.162. The number of halogens is 7. The molecule has 2 aromatic rings. The van der Waals surface area contributed by atoms with Gasteiger partial charge < -0.3 is 0 Å². The predicted octanol–water partition coefficient (Wildman–Crippen LogP) is 5.53. The number of alkyl halides is 6. The molecule has 0 spiro atoms. The van der Waals surface area contributed by atoms with Gasteiger partial charge in [-0.25, -0.2) is 4.39 Å². The second kappa shape index (κ2) is 5.05. The van der Waals surface area contributed by atoms with Crippen molar-refractivity contribution in [2.75, 3.05) is 0 Å². The van der Waals surface area contributed by atoms with Gasteiger partial charge in [0.25, 0.3) is 0 Å². The van der Waals surface area contributed by atoms with Gasteiger partial charge >= 0.3 is 12.4 Å². The molecule has 0 aliphatic carbocycles. The van der Waals surface area contributed by atoms with E-state index >= 15 is 0 Å². The van der Waals surface area contributed by atoms with Gasteiger partial charge in [0.05, 0.1) is 11.1 Å². The van der Waals surface area contributed by atoms with Gasteiger partial charge in [0.2, 0.25) is 0 Å². The third kappa shape index (κ3) is 3.34. The van der Waals surface area contributed by atoms with Crippen molar-refractivity contribution in [3.63, 3.8) is 0 Å². The van der Waals surface area contributed by atoms with E-state index in [0.29, 0.717) is 12.1 Å². The highest BCUT2D eigenvalue weighted by Gasteiger charge is 2.43. The highest BCUT2D eigenvalue weighted by Crippen LogP contribution is 2.41. The fourth-order valence-corrected chi connectivity index (χ4v) is 1.85. The first-order valence-electron chi connectivity index (χ1n) is 5.63. The van der Waals surface area contributed by atoms with E-state index in [4.69, 9.17) is 0 Å². The minimum absolute atomic E-state index is 0.0738. The van der Waals surface area contributed by atoms with Crippen LogP contribution in [0.1, 0.15) is 11.1 Å². The van der Waals surface area contributed by atoms with Crippen molar-refractivity contribution >= 4 is 0 Å². The van der Waals surface area contributed by atoms with Crippen molar-refractivity contribution in [1.82, 2.24) is 0 Å². The Kier molecular flexibility index (Phi) is 3.69. The highest BCUT2D eigenvalue weighted by atomic mass is 19.4. The van der Waals surface area contributed by atoms with Gasteiger partial charge in [0, 0.05) is 0 Å². The van der Waals surface area contributed by atoms with Crippen molar-refractivity contribution in [3.8, 4) is 11.1 Å². The average Bonchev–Trinajstić information content (AvgIpc) is 2.37. The second-order valence-electron chi connectivity index (χ2n) is 4.26. The van der Waals surface area contributed by atoms with Gasteiger partial charge in [0.1, 0.15) is 5.82 Å². The van der Waals surface area contributed by atoms with Crippen molar-refractivity contribution in [2.45, 2.75) is 12.4 Å². The summed E-state index contributed by atoms with van der Waals surface area (Å²) >= 11 is 0. The maximum Gasteiger partial charge on any atom is 0.417 e. The zero-order valence-corrected chi connectivity index (χ0v) is 10.2. The van der Waals surface area contributed by atoms with Gasteiger partial charge in [-0.15, -0.1) is 0 Å². The summed E-state index contributed by atoms with van der Waals surface area (Å²) in [6.07, 6.45) is -10.2. The summed E-state index contributed by atoms with van der Waals surface area (Å²) in [6.45, 7) is 0. The third-order valence-electron chi connectivity index (χ3n) is 2.81. The van der Waals surface area contributed by atoms with Gasteiger partial charge in [-0.2, -0.15) is 26.3 Å². The van der Waals surface area contributed by atoms with E-state index in [9.17, 15) is 30.7 Å². The molecular formula is C14H7F7. The Morgan fingerprint density at radius 3 is 1.52 bits per heavy atom. The molecule has 7 heteroatoms. The van der Waals surface area contributed by atoms with Crippen LogP contribution in [0.25, 0.3) is 11.1 Å². The zero-order chi connectivity index (χ0) is 15.8. The zero-order valence-electron chi connectivity index (χ0n) is 10.2. The van der Waals surface area contributed by atoms with Crippen LogP contribution in [0.2, 0.25) is 0 Å². The molecule has 21 heavy (non-hydrogen) atoms. The molecular weight excluding hydrogens is 301 g/mol. The molecule has 0 aliphatic rings. The SMILES string of the molecule is Fc1ccc(-c2ccc(C(F)(F)F)c(C(F)(F)F)c2)cc1. The molecule has 0 nitrogen and oxygen atoms in total. The number of hydrogen-bond donors (Lipinski definition) is 0. The van der Waals surface area contributed by atoms with Crippen LogP contribution >= 0.6 is 0 Å². The van der Waals surface area contributed by atoms with Crippen molar-refractivity contribution in [2.24, 2.45) is 0 Å². The molecule has 112 valence electrons. The average molecular weight is 308 g/mol. The van der Waals surface area contributed by atoms with Gasteiger partial charge in [0.15, 0.2) is 0 Å². The number of benzene rings is 2. The molecule has 0 unspecified atom stereocenters. The van der Waals surface area contributed by atoms with Crippen molar-refractivity contribution in [3.05, 3.63) is 59.4 Å². The summed E-state index contributed by atoms with van der Waals surface area (Å²) in [6, 6.07) is 6.12. The van der Waals surface area contributed by atoms with Gasteiger partial charge in [-0.05, 0) is 35.4 Å².